The molecule has 0 spiro atoms. The van der Waals surface area contributed by atoms with Gasteiger partial charge < -0.3 is 24.3 Å². The number of hydrogen-bond acceptors (Lipinski definition) is 14. The second-order valence-electron chi connectivity index (χ2n) is 17.3. The number of carbonyl (C=O) groups excluding carboxylic acids is 7. The summed E-state index contributed by atoms with van der Waals surface area (Å²) in [7, 11) is 0. The van der Waals surface area contributed by atoms with Crippen molar-refractivity contribution in [1.29, 1.82) is 0 Å². The molecule has 1 N–H and O–H groups in total. The number of aliphatic hydroxyl groups is 1. The number of halogens is 5. The molecule has 0 radical (unpaired) electrons. The van der Waals surface area contributed by atoms with Crippen molar-refractivity contribution in [2.45, 2.75) is 110 Å². The Labute approximate surface area is 381 Å². The van der Waals surface area contributed by atoms with Crippen LogP contribution in [0, 0.1) is 26.8 Å². The number of hydrogen-bond donors (Lipinski definition) is 1. The van der Waals surface area contributed by atoms with Crippen molar-refractivity contribution in [3.8, 4) is 0 Å². The van der Waals surface area contributed by atoms with Crippen LogP contribution in [0.4, 0.5) is 27.2 Å². The second-order valence-corrected chi connectivity index (χ2v) is 24.2. The number of ether oxygens (including phenoxy) is 2. The van der Waals surface area contributed by atoms with Crippen molar-refractivity contribution in [1.82, 2.24) is 9.80 Å². The van der Waals surface area contributed by atoms with Gasteiger partial charge in [-0.2, -0.15) is 0 Å². The SMILES string of the molecule is CC(=O)OI1(OC(C)=O)(OC(C)=O)OC(=O)c2ccccc21.CC(C)(C)OC(=O)N1C[C@@H](c2cc(F)cc(F)c2)CC1C=O.CC(C)(C)OC(=O)N1C[C@@H](c2cc(F)cc(F)c2)CC1CO. The maximum absolute atomic E-state index is 13.3. The zero-order chi connectivity index (χ0) is 49.6. The summed E-state index contributed by atoms with van der Waals surface area (Å²) in [6, 6.07) is 11.3. The van der Waals surface area contributed by atoms with Gasteiger partial charge in [0.15, 0.2) is 0 Å². The predicted molar refractivity (Wildman–Crippen MR) is 234 cm³/mol. The molecule has 0 aromatic heterocycles. The van der Waals surface area contributed by atoms with Crippen LogP contribution in [0.1, 0.15) is 108 Å². The fraction of sp³-hybridized carbons (Fsp3) is 0.444. The molecular weight excluding hydrogens is 995 g/mol. The van der Waals surface area contributed by atoms with Gasteiger partial charge in [0.25, 0.3) is 0 Å². The van der Waals surface area contributed by atoms with Crippen LogP contribution in [0.3, 0.4) is 0 Å². The Bertz CT molecular complexity index is 2260. The van der Waals surface area contributed by atoms with Crippen molar-refractivity contribution in [2.75, 3.05) is 19.7 Å². The summed E-state index contributed by atoms with van der Waals surface area (Å²) >= 11 is -6.03. The molecule has 16 nitrogen and oxygen atoms in total. The van der Waals surface area contributed by atoms with Crippen LogP contribution in [0.25, 0.3) is 0 Å². The van der Waals surface area contributed by atoms with E-state index in [1.54, 1.807) is 47.6 Å². The van der Waals surface area contributed by atoms with Crippen molar-refractivity contribution < 1.29 is 78.0 Å². The fourth-order valence-corrected chi connectivity index (χ4v) is 14.9. The Kier molecular flexibility index (Phi) is 16.6. The molecule has 3 aromatic carbocycles. The van der Waals surface area contributed by atoms with Crippen molar-refractivity contribution in [3.63, 3.8) is 0 Å². The smallest absolute Gasteiger partial charge is 0.410 e. The Morgan fingerprint density at radius 3 is 1.52 bits per heavy atom. The maximum Gasteiger partial charge on any atom is 0.410 e. The van der Waals surface area contributed by atoms with Crippen LogP contribution in [0.5, 0.6) is 0 Å². The van der Waals surface area contributed by atoms with Crippen LogP contribution in [0.2, 0.25) is 0 Å². The number of likely N-dealkylation sites (tertiary alicyclic amines) is 2. The van der Waals surface area contributed by atoms with Gasteiger partial charge >= 0.3 is 140 Å². The summed E-state index contributed by atoms with van der Waals surface area (Å²) in [6.07, 6.45) is 0.319. The minimum Gasteiger partial charge on any atom is -0.444 e. The fourth-order valence-electron chi connectivity index (χ4n) is 7.15. The van der Waals surface area contributed by atoms with E-state index in [1.165, 1.54) is 52.3 Å². The van der Waals surface area contributed by atoms with Gasteiger partial charge in [-0.15, -0.1) is 0 Å². The Morgan fingerprint density at radius 1 is 0.697 bits per heavy atom. The minimum absolute atomic E-state index is 0.0142. The average Bonchev–Trinajstić information content (AvgIpc) is 3.86. The molecule has 0 saturated carbocycles. The largest absolute Gasteiger partial charge is 0.444 e. The van der Waals surface area contributed by atoms with E-state index < -0.39 is 101 Å². The molecule has 2 saturated heterocycles. The predicted octanol–water partition coefficient (Wildman–Crippen LogP) is 8.26. The number of aldehydes is 1. The Balaban J connectivity index is 0.000000216. The zero-order valence-electron chi connectivity index (χ0n) is 37.7. The molecule has 0 aliphatic carbocycles. The molecule has 6 rings (SSSR count). The van der Waals surface area contributed by atoms with Gasteiger partial charge in [0.05, 0.1) is 18.7 Å². The number of nitrogens with zero attached hydrogens (tertiary/aromatic N) is 2. The van der Waals surface area contributed by atoms with Gasteiger partial charge in [-0.05, 0) is 89.8 Å². The van der Waals surface area contributed by atoms with Gasteiger partial charge in [-0.3, -0.25) is 4.90 Å². The van der Waals surface area contributed by atoms with E-state index in [1.807, 2.05) is 0 Å². The normalized spacial score (nSPS) is 20.9. The van der Waals surface area contributed by atoms with Crippen LogP contribution in [-0.4, -0.2) is 100 Å². The molecule has 2 amide bonds. The van der Waals surface area contributed by atoms with Gasteiger partial charge in [0.2, 0.25) is 0 Å². The second kappa shape index (κ2) is 20.8. The molecule has 2 fully saturated rings. The third-order valence-corrected chi connectivity index (χ3v) is 17.6. The molecule has 66 heavy (non-hydrogen) atoms. The summed E-state index contributed by atoms with van der Waals surface area (Å²) in [6.45, 7) is 13.8. The first-order valence-electron chi connectivity index (χ1n) is 20.4. The van der Waals surface area contributed by atoms with E-state index in [0.717, 1.165) is 32.9 Å². The number of rotatable bonds is 7. The average molecular weight is 1050 g/mol. The van der Waals surface area contributed by atoms with E-state index in [0.29, 0.717) is 30.3 Å². The number of carbonyl (C=O) groups is 7. The molecule has 3 aliphatic heterocycles. The molecule has 3 heterocycles. The van der Waals surface area contributed by atoms with Gasteiger partial charge in [0.1, 0.15) is 40.8 Å². The van der Waals surface area contributed by atoms with Crippen molar-refractivity contribution in [3.05, 3.63) is 104 Å². The zero-order valence-corrected chi connectivity index (χ0v) is 39.9. The van der Waals surface area contributed by atoms with Gasteiger partial charge in [-0.25, -0.2) is 27.2 Å². The third kappa shape index (κ3) is 13.4. The summed E-state index contributed by atoms with van der Waals surface area (Å²) in [5.74, 6) is -6.81. The summed E-state index contributed by atoms with van der Waals surface area (Å²) in [5, 5.41) is 9.46. The van der Waals surface area contributed by atoms with Gasteiger partial charge in [0, 0.05) is 37.1 Å². The molecule has 0 bridgehead atoms. The summed E-state index contributed by atoms with van der Waals surface area (Å²) < 4.78 is 84.4. The first kappa shape index (κ1) is 52.8. The number of fused-ring (bicyclic) bond motifs is 1. The summed E-state index contributed by atoms with van der Waals surface area (Å²) in [5.41, 5.74) is -0.369. The monoisotopic (exact) mass is 1050 g/mol. The van der Waals surface area contributed by atoms with E-state index >= 15 is 0 Å². The van der Waals surface area contributed by atoms with E-state index in [4.69, 9.17) is 21.7 Å². The minimum atomic E-state index is -6.03. The Hall–Kier alpha value is -5.84. The first-order chi connectivity index (χ1) is 30.6. The topological polar surface area (TPSA) is 202 Å². The van der Waals surface area contributed by atoms with Crippen LogP contribution in [0.15, 0.2) is 60.7 Å². The third-order valence-electron chi connectivity index (χ3n) is 9.45. The number of benzene rings is 3. The number of aliphatic hydroxyl groups excluding tert-OH is 1. The van der Waals surface area contributed by atoms with E-state index in [2.05, 4.69) is 0 Å². The standard InChI is InChI=1S/C16H21F2NO3.C16H19F2NO3.C13H13IO8/c2*1-16(2,3)22-15(21)19-8-11(6-14(19)9-20)10-4-12(17)7-13(18)5-10;1-8(15)19-14(20-9(2)16,21-10(3)17)12-7-5-4-6-11(12)13(18)22-14/h4-5,7,11,14,20H,6,8-9H2,1-3H3;4-5,7,9,11,14H,6,8H2,1-3H3;4-7H,1-3H3/t2*11-,14?;/m00./s1. The molecule has 3 aromatic rings. The van der Waals surface area contributed by atoms with Crippen LogP contribution in [-0.2, 0) is 40.9 Å². The first-order valence-corrected chi connectivity index (χ1v) is 25.0. The van der Waals surface area contributed by atoms with Crippen molar-refractivity contribution >= 4 is 61.1 Å². The molecule has 362 valence electrons. The van der Waals surface area contributed by atoms with Crippen LogP contribution < -0.4 is 0 Å². The molecule has 21 heteroatoms. The van der Waals surface area contributed by atoms with E-state index in [9.17, 15) is 56.2 Å². The van der Waals surface area contributed by atoms with Crippen molar-refractivity contribution in [2.24, 2.45) is 0 Å². The van der Waals surface area contributed by atoms with Crippen LogP contribution >= 0.6 is 18.7 Å². The molecule has 2 unspecified atom stereocenters. The molecular formula is C45H53F4IN2O14. The molecule has 4 atom stereocenters. The quantitative estimate of drug-likeness (QED) is 0.135. The maximum atomic E-state index is 13.3. The summed E-state index contributed by atoms with van der Waals surface area (Å²) in [4.78, 5) is 85.0. The Morgan fingerprint density at radius 2 is 1.11 bits per heavy atom. The molecule has 3 aliphatic rings. The van der Waals surface area contributed by atoms with Gasteiger partial charge in [-0.1, -0.05) is 0 Å². The number of amides is 2. The van der Waals surface area contributed by atoms with E-state index in [-0.39, 0.29) is 40.7 Å².